The molecule has 0 unspecified atom stereocenters. The lowest BCUT2D eigenvalue weighted by Crippen LogP contribution is -2.29. The molecule has 2 aromatic rings. The van der Waals surface area contributed by atoms with Crippen molar-refractivity contribution in [1.29, 1.82) is 0 Å². The number of aromatic nitrogens is 1. The molecule has 0 aliphatic rings. The summed E-state index contributed by atoms with van der Waals surface area (Å²) in [6, 6.07) is 5.54. The van der Waals surface area contributed by atoms with Crippen LogP contribution in [0.5, 0.6) is 0 Å². The van der Waals surface area contributed by atoms with E-state index in [-0.39, 0.29) is 12.3 Å². The molecule has 0 aliphatic heterocycles. The Morgan fingerprint density at radius 3 is 2.64 bits per heavy atom. The maximum Gasteiger partial charge on any atom is 0.309 e. The Morgan fingerprint density at radius 1 is 1.36 bits per heavy atom. The maximum absolute atomic E-state index is 12.0. The van der Waals surface area contributed by atoms with Crippen LogP contribution in [0.15, 0.2) is 18.2 Å². The molecular formula is C16H20N2O3S. The number of carbonyl (C=O) groups excluding carboxylic acids is 1. The number of fused-ring (bicyclic) bond motifs is 1. The van der Waals surface area contributed by atoms with Crippen LogP contribution in [0.1, 0.15) is 45.0 Å². The van der Waals surface area contributed by atoms with Gasteiger partial charge in [-0.15, -0.1) is 11.3 Å². The van der Waals surface area contributed by atoms with E-state index < -0.39 is 11.4 Å². The third-order valence-electron chi connectivity index (χ3n) is 3.36. The summed E-state index contributed by atoms with van der Waals surface area (Å²) in [6.45, 7) is 7.26. The third kappa shape index (κ3) is 3.62. The fraction of sp³-hybridized carbons (Fsp3) is 0.438. The van der Waals surface area contributed by atoms with Gasteiger partial charge in [-0.25, -0.2) is 4.98 Å². The lowest BCUT2D eigenvalue weighted by atomic mass is 9.89. The first-order chi connectivity index (χ1) is 10.2. The van der Waals surface area contributed by atoms with Gasteiger partial charge in [0.2, 0.25) is 5.91 Å². The Balaban J connectivity index is 2.14. The number of hydrogen-bond acceptors (Lipinski definition) is 4. The molecule has 2 rings (SSSR count). The number of aliphatic carboxylic acids is 1. The molecule has 118 valence electrons. The number of carboxylic acids is 1. The summed E-state index contributed by atoms with van der Waals surface area (Å²) in [5.74, 6) is -0.922. The monoisotopic (exact) mass is 320 g/mol. The van der Waals surface area contributed by atoms with E-state index in [0.29, 0.717) is 11.6 Å². The Hall–Kier alpha value is -1.95. The second kappa shape index (κ2) is 6.04. The zero-order chi connectivity index (χ0) is 16.5. The zero-order valence-electron chi connectivity index (χ0n) is 13.1. The van der Waals surface area contributed by atoms with E-state index >= 15 is 0 Å². The molecule has 1 amide bonds. The third-order valence-corrected chi connectivity index (χ3v) is 4.68. The van der Waals surface area contributed by atoms with Crippen molar-refractivity contribution in [3.05, 3.63) is 23.2 Å². The summed E-state index contributed by atoms with van der Waals surface area (Å²) in [6.07, 6.45) is -0.0691. The first-order valence-electron chi connectivity index (χ1n) is 7.13. The second-order valence-electron chi connectivity index (χ2n) is 6.30. The molecule has 0 saturated carbocycles. The van der Waals surface area contributed by atoms with Crippen LogP contribution >= 0.6 is 11.3 Å². The molecule has 1 aromatic heterocycles. The SMILES string of the molecule is CC(C)c1nc2ccc(NC(=O)CC(C)(C)C(=O)O)cc2s1. The zero-order valence-corrected chi connectivity index (χ0v) is 14.0. The predicted octanol–water partition coefficient (Wildman–Crippen LogP) is 3.86. The van der Waals surface area contributed by atoms with E-state index in [0.717, 1.165) is 15.2 Å². The number of thiazole rings is 1. The van der Waals surface area contributed by atoms with Crippen LogP contribution in [0.3, 0.4) is 0 Å². The lowest BCUT2D eigenvalue weighted by Gasteiger charge is -2.18. The number of amides is 1. The summed E-state index contributed by atoms with van der Waals surface area (Å²) < 4.78 is 1.01. The highest BCUT2D eigenvalue weighted by molar-refractivity contribution is 7.18. The maximum atomic E-state index is 12.0. The van der Waals surface area contributed by atoms with Gasteiger partial charge in [0.15, 0.2) is 0 Å². The number of nitrogens with one attached hydrogen (secondary N) is 1. The Labute approximate surface area is 133 Å². The van der Waals surface area contributed by atoms with Gasteiger partial charge in [-0.3, -0.25) is 9.59 Å². The highest BCUT2D eigenvalue weighted by Crippen LogP contribution is 2.29. The Morgan fingerprint density at radius 2 is 2.05 bits per heavy atom. The minimum atomic E-state index is -1.08. The van der Waals surface area contributed by atoms with E-state index in [9.17, 15) is 9.59 Å². The van der Waals surface area contributed by atoms with Crippen LogP contribution in [0.2, 0.25) is 0 Å². The van der Waals surface area contributed by atoms with E-state index in [1.807, 2.05) is 12.1 Å². The van der Waals surface area contributed by atoms with E-state index in [1.54, 1.807) is 17.4 Å². The van der Waals surface area contributed by atoms with Crippen LogP contribution in [0.4, 0.5) is 5.69 Å². The summed E-state index contributed by atoms with van der Waals surface area (Å²) in [5, 5.41) is 12.9. The van der Waals surface area contributed by atoms with Gasteiger partial charge < -0.3 is 10.4 Å². The van der Waals surface area contributed by atoms with Crippen LogP contribution in [-0.4, -0.2) is 22.0 Å². The van der Waals surface area contributed by atoms with Gasteiger partial charge in [-0.2, -0.15) is 0 Å². The largest absolute Gasteiger partial charge is 0.481 e. The van der Waals surface area contributed by atoms with Crippen molar-refractivity contribution in [2.24, 2.45) is 5.41 Å². The molecule has 2 N–H and O–H groups in total. The highest BCUT2D eigenvalue weighted by atomic mass is 32.1. The average molecular weight is 320 g/mol. The number of carboxylic acid groups (broad SMARTS) is 1. The summed E-state index contributed by atoms with van der Waals surface area (Å²) in [5.41, 5.74) is 0.499. The fourth-order valence-electron chi connectivity index (χ4n) is 1.95. The van der Waals surface area contributed by atoms with E-state index in [1.165, 1.54) is 13.8 Å². The van der Waals surface area contributed by atoms with Crippen LogP contribution in [0.25, 0.3) is 10.2 Å². The molecule has 0 spiro atoms. The van der Waals surface area contributed by atoms with Gasteiger partial charge in [-0.05, 0) is 32.0 Å². The summed E-state index contributed by atoms with van der Waals surface area (Å²) in [7, 11) is 0. The number of benzene rings is 1. The first-order valence-corrected chi connectivity index (χ1v) is 7.94. The minimum Gasteiger partial charge on any atom is -0.481 e. The smallest absolute Gasteiger partial charge is 0.309 e. The van der Waals surface area contributed by atoms with Crippen molar-refractivity contribution in [2.75, 3.05) is 5.32 Å². The molecule has 0 atom stereocenters. The lowest BCUT2D eigenvalue weighted by molar-refractivity contribution is -0.148. The van der Waals surface area contributed by atoms with Crippen LogP contribution < -0.4 is 5.32 Å². The number of hydrogen-bond donors (Lipinski definition) is 2. The molecule has 1 aromatic carbocycles. The summed E-state index contributed by atoms with van der Waals surface area (Å²) >= 11 is 1.61. The van der Waals surface area contributed by atoms with Crippen molar-refractivity contribution >= 4 is 39.1 Å². The summed E-state index contributed by atoms with van der Waals surface area (Å²) in [4.78, 5) is 27.6. The van der Waals surface area contributed by atoms with Crippen LogP contribution in [-0.2, 0) is 9.59 Å². The number of anilines is 1. The van der Waals surface area contributed by atoms with Crippen molar-refractivity contribution in [1.82, 2.24) is 4.98 Å². The number of carbonyl (C=O) groups is 2. The fourth-order valence-corrected chi connectivity index (χ4v) is 2.96. The minimum absolute atomic E-state index is 0.0691. The average Bonchev–Trinajstić information content (AvgIpc) is 2.80. The normalized spacial score (nSPS) is 11.9. The highest BCUT2D eigenvalue weighted by Gasteiger charge is 2.30. The van der Waals surface area contributed by atoms with Gasteiger partial charge in [0.1, 0.15) is 0 Å². The van der Waals surface area contributed by atoms with Gasteiger partial charge in [0, 0.05) is 18.0 Å². The van der Waals surface area contributed by atoms with Gasteiger partial charge in [-0.1, -0.05) is 13.8 Å². The van der Waals surface area contributed by atoms with Gasteiger partial charge in [0.25, 0.3) is 0 Å². The Kier molecular flexibility index (Phi) is 4.51. The van der Waals surface area contributed by atoms with Crippen LogP contribution in [0, 0.1) is 5.41 Å². The van der Waals surface area contributed by atoms with Gasteiger partial charge in [0.05, 0.1) is 20.6 Å². The number of rotatable bonds is 5. The van der Waals surface area contributed by atoms with Crippen molar-refractivity contribution in [2.45, 2.75) is 40.0 Å². The molecule has 1 heterocycles. The van der Waals surface area contributed by atoms with E-state index in [2.05, 4.69) is 24.1 Å². The van der Waals surface area contributed by atoms with Crippen molar-refractivity contribution in [3.63, 3.8) is 0 Å². The molecule has 0 saturated heterocycles. The van der Waals surface area contributed by atoms with E-state index in [4.69, 9.17) is 5.11 Å². The van der Waals surface area contributed by atoms with Crippen molar-refractivity contribution < 1.29 is 14.7 Å². The predicted molar refractivity (Wildman–Crippen MR) is 88.4 cm³/mol. The second-order valence-corrected chi connectivity index (χ2v) is 7.37. The topological polar surface area (TPSA) is 79.3 Å². The van der Waals surface area contributed by atoms with Crippen molar-refractivity contribution in [3.8, 4) is 0 Å². The molecule has 0 fully saturated rings. The molecule has 6 heteroatoms. The number of nitrogens with zero attached hydrogens (tertiary/aromatic N) is 1. The molecule has 0 aliphatic carbocycles. The Bertz CT molecular complexity index is 719. The quantitative estimate of drug-likeness (QED) is 0.876. The molecule has 0 radical (unpaired) electrons. The standard InChI is InChI=1S/C16H20N2O3S/c1-9(2)14-18-11-6-5-10(7-12(11)22-14)17-13(19)8-16(3,4)15(20)21/h5-7,9H,8H2,1-4H3,(H,17,19)(H,20,21). The first kappa shape index (κ1) is 16.4. The molecular weight excluding hydrogens is 300 g/mol. The molecule has 5 nitrogen and oxygen atoms in total. The van der Waals surface area contributed by atoms with Gasteiger partial charge >= 0.3 is 5.97 Å². The molecule has 0 bridgehead atoms. The molecule has 22 heavy (non-hydrogen) atoms.